The predicted molar refractivity (Wildman–Crippen MR) is 71.7 cm³/mol. The first kappa shape index (κ1) is 12.9. The summed E-state index contributed by atoms with van der Waals surface area (Å²) in [6.07, 6.45) is 0.0793. The molecule has 1 N–H and O–H groups in total. The number of hydrogen-bond acceptors (Lipinski definition) is 3. The van der Waals surface area contributed by atoms with Gasteiger partial charge in [-0.3, -0.25) is 0 Å². The van der Waals surface area contributed by atoms with Gasteiger partial charge in [0.1, 0.15) is 5.75 Å². The Hall–Kier alpha value is -0.580. The Morgan fingerprint density at radius 3 is 2.76 bits per heavy atom. The van der Waals surface area contributed by atoms with Gasteiger partial charge in [-0.05, 0) is 40.9 Å². The first-order valence-electron chi connectivity index (χ1n) is 5.81. The minimum atomic E-state index is 0.0793. The van der Waals surface area contributed by atoms with E-state index in [0.717, 1.165) is 35.5 Å². The molecule has 94 valence electrons. The zero-order chi connectivity index (χ0) is 12.4. The normalized spacial score (nSPS) is 20.4. The largest absolute Gasteiger partial charge is 0.495 e. The predicted octanol–water partition coefficient (Wildman–Crippen LogP) is 2.74. The van der Waals surface area contributed by atoms with E-state index in [1.54, 1.807) is 7.11 Å². The Morgan fingerprint density at radius 1 is 1.41 bits per heavy atom. The molecule has 0 radical (unpaired) electrons. The van der Waals surface area contributed by atoms with E-state index in [1.165, 1.54) is 11.1 Å². The van der Waals surface area contributed by atoms with Crippen LogP contribution >= 0.6 is 15.9 Å². The van der Waals surface area contributed by atoms with Crippen molar-refractivity contribution in [2.75, 3.05) is 26.8 Å². The Morgan fingerprint density at radius 2 is 2.18 bits per heavy atom. The maximum absolute atomic E-state index is 5.82. The van der Waals surface area contributed by atoms with Crippen molar-refractivity contribution in [3.8, 4) is 5.75 Å². The van der Waals surface area contributed by atoms with Gasteiger partial charge in [0.25, 0.3) is 0 Å². The van der Waals surface area contributed by atoms with Gasteiger partial charge in [0.2, 0.25) is 0 Å². The molecule has 0 amide bonds. The molecule has 1 heterocycles. The third kappa shape index (κ3) is 2.49. The van der Waals surface area contributed by atoms with Gasteiger partial charge in [0, 0.05) is 18.7 Å². The van der Waals surface area contributed by atoms with Gasteiger partial charge >= 0.3 is 0 Å². The Labute approximate surface area is 111 Å². The lowest BCUT2D eigenvalue weighted by molar-refractivity contribution is 0.0258. The molecule has 1 aromatic rings. The van der Waals surface area contributed by atoms with Crippen LogP contribution in [0.2, 0.25) is 0 Å². The van der Waals surface area contributed by atoms with Crippen LogP contribution in [0.5, 0.6) is 5.75 Å². The molecule has 0 aromatic heterocycles. The van der Waals surface area contributed by atoms with E-state index >= 15 is 0 Å². The second-order valence-corrected chi connectivity index (χ2v) is 5.13. The van der Waals surface area contributed by atoms with Gasteiger partial charge in [0.15, 0.2) is 0 Å². The van der Waals surface area contributed by atoms with E-state index in [9.17, 15) is 0 Å². The third-order valence-electron chi connectivity index (χ3n) is 3.10. The fourth-order valence-corrected chi connectivity index (χ4v) is 2.78. The second kappa shape index (κ2) is 5.38. The maximum atomic E-state index is 5.82. The summed E-state index contributed by atoms with van der Waals surface area (Å²) in [7, 11) is 1.71. The van der Waals surface area contributed by atoms with E-state index in [4.69, 9.17) is 9.47 Å². The van der Waals surface area contributed by atoms with Crippen LogP contribution in [0.15, 0.2) is 10.5 Å². The van der Waals surface area contributed by atoms with Crippen LogP contribution in [0.25, 0.3) is 0 Å². The average Bonchev–Trinajstić information content (AvgIpc) is 2.34. The number of aryl methyl sites for hydroxylation is 2. The summed E-state index contributed by atoms with van der Waals surface area (Å²) >= 11 is 3.59. The van der Waals surface area contributed by atoms with E-state index in [-0.39, 0.29) is 6.10 Å². The minimum Gasteiger partial charge on any atom is -0.495 e. The van der Waals surface area contributed by atoms with E-state index < -0.39 is 0 Å². The number of rotatable bonds is 2. The van der Waals surface area contributed by atoms with Crippen LogP contribution in [0.4, 0.5) is 0 Å². The van der Waals surface area contributed by atoms with Gasteiger partial charge in [0.05, 0.1) is 24.3 Å². The molecule has 0 aliphatic carbocycles. The molecule has 17 heavy (non-hydrogen) atoms. The molecule has 1 aliphatic heterocycles. The van der Waals surface area contributed by atoms with E-state index in [1.807, 2.05) is 0 Å². The van der Waals surface area contributed by atoms with E-state index in [2.05, 4.69) is 41.2 Å². The van der Waals surface area contributed by atoms with Crippen LogP contribution in [-0.4, -0.2) is 26.8 Å². The summed E-state index contributed by atoms with van der Waals surface area (Å²) in [5.74, 6) is 0.899. The van der Waals surface area contributed by atoms with Gasteiger partial charge in [-0.2, -0.15) is 0 Å². The first-order valence-corrected chi connectivity index (χ1v) is 6.60. The molecule has 1 aromatic carbocycles. The quantitative estimate of drug-likeness (QED) is 0.911. The molecule has 1 unspecified atom stereocenters. The number of halogens is 1. The van der Waals surface area contributed by atoms with Crippen molar-refractivity contribution in [2.24, 2.45) is 0 Å². The first-order chi connectivity index (χ1) is 8.15. The zero-order valence-electron chi connectivity index (χ0n) is 10.5. The number of hydrogen-bond donors (Lipinski definition) is 1. The number of methoxy groups -OCH3 is 1. The van der Waals surface area contributed by atoms with Gasteiger partial charge in [-0.25, -0.2) is 0 Å². The third-order valence-corrected chi connectivity index (χ3v) is 4.09. The topological polar surface area (TPSA) is 30.5 Å². The summed E-state index contributed by atoms with van der Waals surface area (Å²) in [5, 5.41) is 3.35. The average molecular weight is 300 g/mol. The van der Waals surface area contributed by atoms with Crippen LogP contribution in [0.1, 0.15) is 22.8 Å². The SMILES string of the molecule is COc1c(Br)c(C)cc(C)c1C1CNCCO1. The van der Waals surface area contributed by atoms with Crippen molar-refractivity contribution >= 4 is 15.9 Å². The van der Waals surface area contributed by atoms with Crippen molar-refractivity contribution in [1.82, 2.24) is 5.32 Å². The van der Waals surface area contributed by atoms with Crippen molar-refractivity contribution in [1.29, 1.82) is 0 Å². The minimum absolute atomic E-state index is 0.0793. The lowest BCUT2D eigenvalue weighted by atomic mass is 9.99. The number of benzene rings is 1. The fraction of sp³-hybridized carbons (Fsp3) is 0.538. The van der Waals surface area contributed by atoms with Crippen LogP contribution < -0.4 is 10.1 Å². The molecule has 3 nitrogen and oxygen atoms in total. The number of ether oxygens (including phenoxy) is 2. The maximum Gasteiger partial charge on any atom is 0.139 e. The highest BCUT2D eigenvalue weighted by atomic mass is 79.9. The summed E-state index contributed by atoms with van der Waals surface area (Å²) in [6, 6.07) is 2.17. The van der Waals surface area contributed by atoms with Gasteiger partial charge < -0.3 is 14.8 Å². The molecule has 1 aliphatic rings. The van der Waals surface area contributed by atoms with Gasteiger partial charge in [-0.15, -0.1) is 0 Å². The van der Waals surface area contributed by atoms with Crippen LogP contribution in [0, 0.1) is 13.8 Å². The van der Waals surface area contributed by atoms with Gasteiger partial charge in [-0.1, -0.05) is 6.07 Å². The molecule has 1 saturated heterocycles. The molecule has 4 heteroatoms. The second-order valence-electron chi connectivity index (χ2n) is 4.33. The highest BCUT2D eigenvalue weighted by molar-refractivity contribution is 9.10. The van der Waals surface area contributed by atoms with Crippen molar-refractivity contribution in [3.05, 3.63) is 27.2 Å². The Balaban J connectivity index is 2.47. The Bertz CT molecular complexity index is 414. The molecule has 2 rings (SSSR count). The summed E-state index contributed by atoms with van der Waals surface area (Å²) < 4.78 is 12.4. The van der Waals surface area contributed by atoms with Crippen molar-refractivity contribution < 1.29 is 9.47 Å². The molecular weight excluding hydrogens is 282 g/mol. The number of morpholine rings is 1. The molecule has 0 bridgehead atoms. The molecule has 1 atom stereocenters. The summed E-state index contributed by atoms with van der Waals surface area (Å²) in [4.78, 5) is 0. The molecule has 0 saturated carbocycles. The molecular formula is C13H18BrNO2. The lowest BCUT2D eigenvalue weighted by Gasteiger charge is -2.27. The highest BCUT2D eigenvalue weighted by Gasteiger charge is 2.24. The zero-order valence-corrected chi connectivity index (χ0v) is 12.1. The van der Waals surface area contributed by atoms with Crippen molar-refractivity contribution in [2.45, 2.75) is 20.0 Å². The number of nitrogens with one attached hydrogen (secondary N) is 1. The summed E-state index contributed by atoms with van der Waals surface area (Å²) in [5.41, 5.74) is 3.56. The fourth-order valence-electron chi connectivity index (χ4n) is 2.29. The standard InChI is InChI=1S/C13H18BrNO2/c1-8-6-9(2)12(14)13(16-3)11(8)10-7-15-4-5-17-10/h6,10,15H,4-5,7H2,1-3H3. The lowest BCUT2D eigenvalue weighted by Crippen LogP contribution is -2.34. The monoisotopic (exact) mass is 299 g/mol. The van der Waals surface area contributed by atoms with Crippen molar-refractivity contribution in [3.63, 3.8) is 0 Å². The highest BCUT2D eigenvalue weighted by Crippen LogP contribution is 2.39. The summed E-state index contributed by atoms with van der Waals surface area (Å²) in [6.45, 7) is 6.69. The molecule has 0 spiro atoms. The molecule has 1 fully saturated rings. The van der Waals surface area contributed by atoms with E-state index in [0.29, 0.717) is 0 Å². The van der Waals surface area contributed by atoms with Crippen LogP contribution in [-0.2, 0) is 4.74 Å². The smallest absolute Gasteiger partial charge is 0.139 e. The Kier molecular flexibility index (Phi) is 4.07. The van der Waals surface area contributed by atoms with Crippen LogP contribution in [0.3, 0.4) is 0 Å².